The van der Waals surface area contributed by atoms with Gasteiger partial charge in [0.25, 0.3) is 0 Å². The van der Waals surface area contributed by atoms with E-state index >= 15 is 0 Å². The van der Waals surface area contributed by atoms with Crippen molar-refractivity contribution in [2.45, 2.75) is 58.0 Å². The first kappa shape index (κ1) is 13.5. The minimum Gasteiger partial charge on any atom is -0.385 e. The topological polar surface area (TPSA) is 37.3 Å². The first-order chi connectivity index (χ1) is 9.95. The molecule has 0 amide bonds. The summed E-state index contributed by atoms with van der Waals surface area (Å²) in [5, 5.41) is 11.5. The summed E-state index contributed by atoms with van der Waals surface area (Å²) in [4.78, 5) is 12.3. The van der Waals surface area contributed by atoms with Gasteiger partial charge in [-0.05, 0) is 62.0 Å². The number of hydrogen-bond acceptors (Lipinski definition) is 2. The smallest absolute Gasteiger partial charge is 0.139 e. The van der Waals surface area contributed by atoms with Gasteiger partial charge in [-0.15, -0.1) is 0 Å². The van der Waals surface area contributed by atoms with Gasteiger partial charge in [0, 0.05) is 11.8 Å². The maximum absolute atomic E-state index is 12.3. The quantitative estimate of drug-likeness (QED) is 0.791. The van der Waals surface area contributed by atoms with E-state index in [4.69, 9.17) is 0 Å². The molecule has 0 saturated heterocycles. The number of carbonyl (C=O) groups excluding carboxylic acids is 1. The summed E-state index contributed by atoms with van der Waals surface area (Å²) in [5.74, 6) is 1.07. The van der Waals surface area contributed by atoms with E-state index in [1.54, 1.807) is 0 Å². The van der Waals surface area contributed by atoms with E-state index < -0.39 is 5.60 Å². The summed E-state index contributed by atoms with van der Waals surface area (Å²) < 4.78 is 0. The van der Waals surface area contributed by atoms with Crippen LogP contribution in [0.25, 0.3) is 0 Å². The van der Waals surface area contributed by atoms with Crippen LogP contribution in [0, 0.1) is 24.2 Å². The molecular formula is C19H24O2. The average molecular weight is 284 g/mol. The van der Waals surface area contributed by atoms with Crippen LogP contribution in [0.4, 0.5) is 0 Å². The number of rotatable bonds is 0. The van der Waals surface area contributed by atoms with Gasteiger partial charge in [0.1, 0.15) is 5.78 Å². The SMILES string of the molecule is Cc1ccc2c(c1)CC[C@H]1[C@@H]3CCC(=O)[C@@]3(C)CC[C@@]21O. The molecule has 2 heteroatoms. The van der Waals surface area contributed by atoms with Crippen molar-refractivity contribution in [3.05, 3.63) is 34.9 Å². The Balaban J connectivity index is 1.80. The lowest BCUT2D eigenvalue weighted by Gasteiger charge is -2.53. The van der Waals surface area contributed by atoms with E-state index in [0.29, 0.717) is 18.1 Å². The Morgan fingerprint density at radius 3 is 2.71 bits per heavy atom. The van der Waals surface area contributed by atoms with Crippen LogP contribution in [0.15, 0.2) is 18.2 Å². The Hall–Kier alpha value is -1.15. The van der Waals surface area contributed by atoms with E-state index in [-0.39, 0.29) is 11.3 Å². The van der Waals surface area contributed by atoms with Crippen molar-refractivity contribution < 1.29 is 9.90 Å². The van der Waals surface area contributed by atoms with Crippen LogP contribution < -0.4 is 0 Å². The highest BCUT2D eigenvalue weighted by Crippen LogP contribution is 2.61. The van der Waals surface area contributed by atoms with Crippen LogP contribution in [0.2, 0.25) is 0 Å². The molecule has 3 aliphatic carbocycles. The second-order valence-corrected chi connectivity index (χ2v) is 7.72. The van der Waals surface area contributed by atoms with Crippen LogP contribution in [-0.2, 0) is 16.8 Å². The molecule has 0 unspecified atom stereocenters. The second kappa shape index (κ2) is 4.19. The van der Waals surface area contributed by atoms with Crippen LogP contribution in [-0.4, -0.2) is 10.9 Å². The molecule has 0 aromatic heterocycles. The number of Topliss-reactive ketones (excluding diaryl/α,β-unsaturated/α-hetero) is 1. The molecule has 1 aromatic rings. The molecule has 21 heavy (non-hydrogen) atoms. The van der Waals surface area contributed by atoms with Gasteiger partial charge in [0.2, 0.25) is 0 Å². The first-order valence-electron chi connectivity index (χ1n) is 8.31. The van der Waals surface area contributed by atoms with Crippen molar-refractivity contribution in [2.24, 2.45) is 17.3 Å². The average Bonchev–Trinajstić information content (AvgIpc) is 2.75. The Morgan fingerprint density at radius 1 is 1.14 bits per heavy atom. The number of aliphatic hydroxyl groups is 1. The Labute approximate surface area is 126 Å². The van der Waals surface area contributed by atoms with Crippen LogP contribution in [0.1, 0.15) is 55.7 Å². The number of fused-ring (bicyclic) bond motifs is 5. The molecule has 3 aliphatic rings. The minimum atomic E-state index is -0.698. The Kier molecular flexibility index (Phi) is 2.70. The third kappa shape index (κ3) is 1.66. The van der Waals surface area contributed by atoms with E-state index in [2.05, 4.69) is 32.0 Å². The van der Waals surface area contributed by atoms with Gasteiger partial charge in [-0.3, -0.25) is 4.79 Å². The maximum atomic E-state index is 12.3. The fourth-order valence-electron chi connectivity index (χ4n) is 5.47. The molecule has 2 nitrogen and oxygen atoms in total. The zero-order valence-electron chi connectivity index (χ0n) is 13.0. The molecule has 0 radical (unpaired) electrons. The van der Waals surface area contributed by atoms with Crippen LogP contribution in [0.5, 0.6) is 0 Å². The first-order valence-corrected chi connectivity index (χ1v) is 8.31. The molecule has 0 spiro atoms. The highest BCUT2D eigenvalue weighted by molar-refractivity contribution is 5.87. The second-order valence-electron chi connectivity index (χ2n) is 7.72. The summed E-state index contributed by atoms with van der Waals surface area (Å²) in [6, 6.07) is 6.49. The molecule has 4 rings (SSSR count). The lowest BCUT2D eigenvalue weighted by molar-refractivity contribution is -0.146. The molecule has 0 bridgehead atoms. The van der Waals surface area contributed by atoms with Crippen molar-refractivity contribution in [1.82, 2.24) is 0 Å². The normalized spacial score (nSPS) is 41.4. The van der Waals surface area contributed by atoms with Crippen molar-refractivity contribution in [2.75, 3.05) is 0 Å². The molecule has 4 atom stereocenters. The molecule has 2 saturated carbocycles. The number of hydrogen-bond donors (Lipinski definition) is 1. The van der Waals surface area contributed by atoms with E-state index in [9.17, 15) is 9.90 Å². The lowest BCUT2D eigenvalue weighted by Crippen LogP contribution is -2.52. The zero-order valence-corrected chi connectivity index (χ0v) is 13.0. The standard InChI is InChI=1S/C19H24O2/c1-12-3-5-14-13(11-12)4-6-16-15-7-8-17(20)18(15,2)9-10-19(14,16)21/h3,5,11,15-16,21H,4,6-10H2,1-2H3/t15-,16-,18-,19+/m0/s1. The summed E-state index contributed by atoms with van der Waals surface area (Å²) in [5.41, 5.74) is 2.87. The summed E-state index contributed by atoms with van der Waals surface area (Å²) in [6.07, 6.45) is 5.35. The van der Waals surface area contributed by atoms with E-state index in [0.717, 1.165) is 37.7 Å². The third-order valence-electron chi connectivity index (χ3n) is 6.71. The van der Waals surface area contributed by atoms with Crippen molar-refractivity contribution >= 4 is 5.78 Å². The van der Waals surface area contributed by atoms with E-state index in [1.807, 2.05) is 0 Å². The van der Waals surface area contributed by atoms with Gasteiger partial charge in [-0.2, -0.15) is 0 Å². The van der Waals surface area contributed by atoms with Crippen LogP contribution >= 0.6 is 0 Å². The monoisotopic (exact) mass is 284 g/mol. The highest BCUT2D eigenvalue weighted by Gasteiger charge is 2.59. The third-order valence-corrected chi connectivity index (χ3v) is 6.71. The fraction of sp³-hybridized carbons (Fsp3) is 0.632. The number of aryl methyl sites for hydroxylation is 2. The van der Waals surface area contributed by atoms with Gasteiger partial charge in [-0.25, -0.2) is 0 Å². The summed E-state index contributed by atoms with van der Waals surface area (Å²) in [6.45, 7) is 4.27. The molecule has 0 heterocycles. The Bertz CT molecular complexity index is 620. The molecule has 112 valence electrons. The van der Waals surface area contributed by atoms with Crippen LogP contribution in [0.3, 0.4) is 0 Å². The van der Waals surface area contributed by atoms with E-state index in [1.165, 1.54) is 11.1 Å². The number of benzene rings is 1. The molecule has 2 fully saturated rings. The van der Waals surface area contributed by atoms with Gasteiger partial charge >= 0.3 is 0 Å². The zero-order chi connectivity index (χ0) is 14.8. The van der Waals surface area contributed by atoms with Crippen molar-refractivity contribution in [3.63, 3.8) is 0 Å². The van der Waals surface area contributed by atoms with Gasteiger partial charge in [0.05, 0.1) is 5.60 Å². The predicted molar refractivity (Wildman–Crippen MR) is 82.0 cm³/mol. The highest BCUT2D eigenvalue weighted by atomic mass is 16.3. The van der Waals surface area contributed by atoms with Gasteiger partial charge < -0.3 is 5.11 Å². The molecule has 0 aliphatic heterocycles. The fourth-order valence-corrected chi connectivity index (χ4v) is 5.47. The molecule has 1 aromatic carbocycles. The van der Waals surface area contributed by atoms with Gasteiger partial charge in [-0.1, -0.05) is 30.7 Å². The predicted octanol–water partition coefficient (Wildman–Crippen LogP) is 3.52. The lowest BCUT2D eigenvalue weighted by atomic mass is 9.53. The van der Waals surface area contributed by atoms with Gasteiger partial charge in [0.15, 0.2) is 0 Å². The largest absolute Gasteiger partial charge is 0.385 e. The van der Waals surface area contributed by atoms with Crippen molar-refractivity contribution in [3.8, 4) is 0 Å². The van der Waals surface area contributed by atoms with Crippen molar-refractivity contribution in [1.29, 1.82) is 0 Å². The molecule has 1 N–H and O–H groups in total. The number of carbonyl (C=O) groups is 1. The minimum absolute atomic E-state index is 0.168. The number of ketones is 1. The summed E-state index contributed by atoms with van der Waals surface area (Å²) in [7, 11) is 0. The Morgan fingerprint density at radius 2 is 1.90 bits per heavy atom. The molecular weight excluding hydrogens is 260 g/mol. The summed E-state index contributed by atoms with van der Waals surface area (Å²) >= 11 is 0. The maximum Gasteiger partial charge on any atom is 0.139 e.